The first-order valence-corrected chi connectivity index (χ1v) is 12.4. The molecule has 11 heteroatoms. The number of aromatic nitrogens is 3. The summed E-state index contributed by atoms with van der Waals surface area (Å²) in [6.07, 6.45) is 1.37. The van der Waals surface area contributed by atoms with Crippen LogP contribution in [-0.4, -0.2) is 34.9 Å². The van der Waals surface area contributed by atoms with Crippen molar-refractivity contribution in [3.05, 3.63) is 87.0 Å². The van der Waals surface area contributed by atoms with Gasteiger partial charge in [0.2, 0.25) is 0 Å². The highest BCUT2D eigenvalue weighted by molar-refractivity contribution is 7.90. The standard InChI is InChI=1S/C24H22FN3O6S/c1-13-9-20(33-12-21-27-24(30)34-28-21)22(25)14(2)18(13)11-16-7-8-19(29)23(26-16)15-5-4-6-17(10-15)35(3,31)32/h4-10,29H,11-12H2,1-3H3,(H,27,28,30). The molecule has 0 aliphatic rings. The highest BCUT2D eigenvalue weighted by atomic mass is 32.2. The number of aromatic hydroxyl groups is 1. The van der Waals surface area contributed by atoms with Crippen molar-refractivity contribution in [1.82, 2.24) is 15.1 Å². The summed E-state index contributed by atoms with van der Waals surface area (Å²) >= 11 is 0. The van der Waals surface area contributed by atoms with Crippen LogP contribution in [0.1, 0.15) is 28.2 Å². The van der Waals surface area contributed by atoms with E-state index < -0.39 is 21.4 Å². The Hall–Kier alpha value is -3.99. The van der Waals surface area contributed by atoms with Gasteiger partial charge in [-0.25, -0.2) is 22.6 Å². The molecule has 0 spiro atoms. The third-order valence-corrected chi connectivity index (χ3v) is 6.61. The van der Waals surface area contributed by atoms with Gasteiger partial charge in [0.05, 0.1) is 4.90 Å². The van der Waals surface area contributed by atoms with E-state index >= 15 is 4.39 Å². The largest absolute Gasteiger partial charge is 0.506 e. The Bertz CT molecular complexity index is 1580. The molecule has 182 valence electrons. The Morgan fingerprint density at radius 1 is 1.17 bits per heavy atom. The van der Waals surface area contributed by atoms with Gasteiger partial charge in [0.1, 0.15) is 18.1 Å². The number of benzene rings is 2. The summed E-state index contributed by atoms with van der Waals surface area (Å²) in [6, 6.07) is 10.8. The third-order valence-electron chi connectivity index (χ3n) is 5.50. The van der Waals surface area contributed by atoms with Gasteiger partial charge in [-0.1, -0.05) is 17.3 Å². The van der Waals surface area contributed by atoms with Crippen molar-refractivity contribution in [3.63, 3.8) is 0 Å². The minimum Gasteiger partial charge on any atom is -0.506 e. The van der Waals surface area contributed by atoms with Crippen LogP contribution in [0.15, 0.2) is 56.7 Å². The zero-order valence-corrected chi connectivity index (χ0v) is 19.9. The van der Waals surface area contributed by atoms with E-state index in [0.717, 1.165) is 11.8 Å². The van der Waals surface area contributed by atoms with Crippen molar-refractivity contribution in [2.45, 2.75) is 31.8 Å². The molecule has 0 radical (unpaired) electrons. The number of nitrogens with one attached hydrogen (secondary N) is 1. The smallest absolute Gasteiger partial charge is 0.439 e. The average molecular weight is 500 g/mol. The Morgan fingerprint density at radius 2 is 1.94 bits per heavy atom. The molecule has 2 heterocycles. The van der Waals surface area contributed by atoms with Crippen LogP contribution in [-0.2, 0) is 22.9 Å². The molecule has 9 nitrogen and oxygen atoms in total. The lowest BCUT2D eigenvalue weighted by Gasteiger charge is -2.15. The summed E-state index contributed by atoms with van der Waals surface area (Å²) in [5, 5.41) is 13.9. The molecule has 0 atom stereocenters. The van der Waals surface area contributed by atoms with Crippen LogP contribution >= 0.6 is 0 Å². The van der Waals surface area contributed by atoms with Gasteiger partial charge >= 0.3 is 5.76 Å². The lowest BCUT2D eigenvalue weighted by Crippen LogP contribution is -2.06. The van der Waals surface area contributed by atoms with Crippen molar-refractivity contribution in [2.75, 3.05) is 6.26 Å². The van der Waals surface area contributed by atoms with E-state index in [9.17, 15) is 18.3 Å². The number of halogens is 1. The summed E-state index contributed by atoms with van der Waals surface area (Å²) < 4.78 is 48.8. The van der Waals surface area contributed by atoms with E-state index in [1.807, 2.05) is 6.92 Å². The normalized spacial score (nSPS) is 11.5. The molecule has 2 N–H and O–H groups in total. The Balaban J connectivity index is 1.63. The molecule has 0 amide bonds. The maximum atomic E-state index is 15.1. The molecule has 0 fully saturated rings. The van der Waals surface area contributed by atoms with Crippen LogP contribution in [0.3, 0.4) is 0 Å². The van der Waals surface area contributed by atoms with E-state index in [1.54, 1.807) is 31.2 Å². The molecule has 0 aliphatic carbocycles. The van der Waals surface area contributed by atoms with Crippen LogP contribution < -0.4 is 10.5 Å². The first kappa shape index (κ1) is 24.1. The Kier molecular flexibility index (Phi) is 6.44. The number of hydrogen-bond acceptors (Lipinski definition) is 8. The van der Waals surface area contributed by atoms with E-state index in [1.165, 1.54) is 18.2 Å². The Morgan fingerprint density at radius 3 is 2.63 bits per heavy atom. The quantitative estimate of drug-likeness (QED) is 0.395. The van der Waals surface area contributed by atoms with Gasteiger partial charge in [-0.15, -0.1) is 0 Å². The van der Waals surface area contributed by atoms with Gasteiger partial charge in [0.15, 0.2) is 27.2 Å². The minimum atomic E-state index is -3.44. The van der Waals surface area contributed by atoms with Crippen molar-refractivity contribution in [3.8, 4) is 22.8 Å². The fraction of sp³-hybridized carbons (Fsp3) is 0.208. The van der Waals surface area contributed by atoms with Crippen LogP contribution in [0.25, 0.3) is 11.3 Å². The van der Waals surface area contributed by atoms with Gasteiger partial charge in [-0.3, -0.25) is 9.51 Å². The molecular formula is C24H22FN3O6S. The highest BCUT2D eigenvalue weighted by Gasteiger charge is 2.18. The maximum Gasteiger partial charge on any atom is 0.439 e. The maximum absolute atomic E-state index is 15.1. The lowest BCUT2D eigenvalue weighted by molar-refractivity contribution is 0.271. The second-order valence-electron chi connectivity index (χ2n) is 8.09. The van der Waals surface area contributed by atoms with Crippen molar-refractivity contribution < 1.29 is 27.2 Å². The Labute approximate surface area is 200 Å². The van der Waals surface area contributed by atoms with Gasteiger partial charge in [0, 0.05) is 23.9 Å². The highest BCUT2D eigenvalue weighted by Crippen LogP contribution is 2.32. The zero-order valence-electron chi connectivity index (χ0n) is 19.1. The number of aromatic amines is 1. The SMILES string of the molecule is Cc1cc(OCc2noc(=O)[nH]2)c(F)c(C)c1Cc1ccc(O)c(-c2cccc(S(C)(=O)=O)c2)n1. The van der Waals surface area contributed by atoms with E-state index in [2.05, 4.69) is 19.6 Å². The number of sulfone groups is 1. The number of ether oxygens (including phenoxy) is 1. The van der Waals surface area contributed by atoms with Crippen LogP contribution in [0.4, 0.5) is 4.39 Å². The molecule has 4 rings (SSSR count). The van der Waals surface area contributed by atoms with E-state index in [-0.39, 0.29) is 40.9 Å². The summed E-state index contributed by atoms with van der Waals surface area (Å²) in [4.78, 5) is 18.0. The molecule has 35 heavy (non-hydrogen) atoms. The monoisotopic (exact) mass is 499 g/mol. The lowest BCUT2D eigenvalue weighted by atomic mass is 9.97. The van der Waals surface area contributed by atoms with Gasteiger partial charge in [-0.05, 0) is 60.9 Å². The van der Waals surface area contributed by atoms with Crippen LogP contribution in [0.2, 0.25) is 0 Å². The molecule has 0 bridgehead atoms. The van der Waals surface area contributed by atoms with Gasteiger partial charge < -0.3 is 9.84 Å². The topological polar surface area (TPSA) is 135 Å². The fourth-order valence-corrected chi connectivity index (χ4v) is 4.33. The van der Waals surface area contributed by atoms with E-state index in [4.69, 9.17) is 4.74 Å². The number of rotatable bonds is 7. The molecule has 4 aromatic rings. The first-order chi connectivity index (χ1) is 16.5. The molecule has 0 saturated heterocycles. The number of nitrogens with zero attached hydrogens (tertiary/aromatic N) is 2. The minimum absolute atomic E-state index is 0.00421. The van der Waals surface area contributed by atoms with Gasteiger partial charge in [0.25, 0.3) is 0 Å². The van der Waals surface area contributed by atoms with Crippen LogP contribution in [0.5, 0.6) is 11.5 Å². The molecule has 0 unspecified atom stereocenters. The second kappa shape index (κ2) is 9.34. The molecule has 0 aliphatic heterocycles. The summed E-state index contributed by atoms with van der Waals surface area (Å²) in [5.74, 6) is -1.25. The number of pyridine rings is 1. The summed E-state index contributed by atoms with van der Waals surface area (Å²) in [7, 11) is -3.44. The molecule has 0 saturated carbocycles. The average Bonchev–Trinajstić information content (AvgIpc) is 3.23. The van der Waals surface area contributed by atoms with Crippen LogP contribution in [0, 0.1) is 19.7 Å². The number of hydrogen-bond donors (Lipinski definition) is 2. The second-order valence-corrected chi connectivity index (χ2v) is 10.1. The van der Waals surface area contributed by atoms with Crippen molar-refractivity contribution >= 4 is 9.84 Å². The fourth-order valence-electron chi connectivity index (χ4n) is 3.66. The van der Waals surface area contributed by atoms with E-state index in [0.29, 0.717) is 22.4 Å². The predicted molar refractivity (Wildman–Crippen MR) is 125 cm³/mol. The molecule has 2 aromatic heterocycles. The van der Waals surface area contributed by atoms with Gasteiger partial charge in [-0.2, -0.15) is 0 Å². The van der Waals surface area contributed by atoms with Crippen molar-refractivity contribution in [1.29, 1.82) is 0 Å². The number of H-pyrrole nitrogens is 1. The predicted octanol–water partition coefficient (Wildman–Crippen LogP) is 3.46. The van der Waals surface area contributed by atoms with Crippen molar-refractivity contribution in [2.24, 2.45) is 0 Å². The first-order valence-electron chi connectivity index (χ1n) is 10.5. The molecular weight excluding hydrogens is 477 g/mol. The molecule has 2 aromatic carbocycles. The summed E-state index contributed by atoms with van der Waals surface area (Å²) in [6.45, 7) is 3.26. The zero-order chi connectivity index (χ0) is 25.3. The number of aryl methyl sites for hydroxylation is 1. The third kappa shape index (κ3) is 5.24. The summed E-state index contributed by atoms with van der Waals surface area (Å²) in [5.41, 5.74) is 3.04.